The number of benzene rings is 2. The first kappa shape index (κ1) is 17.5. The van der Waals surface area contributed by atoms with Crippen LogP contribution in [0.3, 0.4) is 0 Å². The maximum Gasteiger partial charge on any atom is 0.265 e. The largest absolute Gasteiger partial charge is 0.481 e. The molecule has 24 heavy (non-hydrogen) atoms. The number of anilines is 2. The van der Waals surface area contributed by atoms with Crippen molar-refractivity contribution in [1.29, 1.82) is 0 Å². The van der Waals surface area contributed by atoms with E-state index in [-0.39, 0.29) is 11.8 Å². The standard InChI is InChI=1S/C19H22N2O3/c1-12-8-9-18(13(2)10-12)24-14(3)19(23)21-17-7-5-6-16(11-17)20-15(4)22/h5-11,14H,1-4H3,(H,20,22)(H,21,23)/t14-/m1/s1. The van der Waals surface area contributed by atoms with Gasteiger partial charge in [-0.2, -0.15) is 0 Å². The fourth-order valence-corrected chi connectivity index (χ4v) is 2.30. The molecule has 0 radical (unpaired) electrons. The van der Waals surface area contributed by atoms with E-state index < -0.39 is 6.10 Å². The first-order chi connectivity index (χ1) is 11.3. The Morgan fingerprint density at radius 2 is 1.67 bits per heavy atom. The lowest BCUT2D eigenvalue weighted by atomic mass is 10.1. The van der Waals surface area contributed by atoms with Crippen LogP contribution in [0.25, 0.3) is 0 Å². The van der Waals surface area contributed by atoms with Crippen LogP contribution in [0.15, 0.2) is 42.5 Å². The van der Waals surface area contributed by atoms with Gasteiger partial charge in [0.25, 0.3) is 5.91 Å². The fraction of sp³-hybridized carbons (Fsp3) is 0.263. The van der Waals surface area contributed by atoms with E-state index in [1.54, 1.807) is 31.2 Å². The van der Waals surface area contributed by atoms with Gasteiger partial charge in [-0.05, 0) is 50.6 Å². The third-order valence-corrected chi connectivity index (χ3v) is 3.45. The minimum absolute atomic E-state index is 0.162. The Kier molecular flexibility index (Phi) is 5.58. The summed E-state index contributed by atoms with van der Waals surface area (Å²) in [4.78, 5) is 23.4. The smallest absolute Gasteiger partial charge is 0.265 e. The summed E-state index contributed by atoms with van der Waals surface area (Å²) in [5.74, 6) is 0.273. The van der Waals surface area contributed by atoms with Crippen molar-refractivity contribution in [3.63, 3.8) is 0 Å². The van der Waals surface area contributed by atoms with Gasteiger partial charge in [0.15, 0.2) is 6.10 Å². The van der Waals surface area contributed by atoms with Crippen molar-refractivity contribution >= 4 is 23.2 Å². The lowest BCUT2D eigenvalue weighted by molar-refractivity contribution is -0.122. The third-order valence-electron chi connectivity index (χ3n) is 3.45. The number of ether oxygens (including phenoxy) is 1. The summed E-state index contributed by atoms with van der Waals surface area (Å²) < 4.78 is 5.75. The predicted molar refractivity (Wildman–Crippen MR) is 95.4 cm³/mol. The second kappa shape index (κ2) is 7.64. The minimum Gasteiger partial charge on any atom is -0.481 e. The molecule has 2 aromatic rings. The van der Waals surface area contributed by atoms with Crippen LogP contribution in [0, 0.1) is 13.8 Å². The van der Waals surface area contributed by atoms with Crippen LogP contribution < -0.4 is 15.4 Å². The molecular weight excluding hydrogens is 304 g/mol. The van der Waals surface area contributed by atoms with Crippen molar-refractivity contribution in [3.05, 3.63) is 53.6 Å². The highest BCUT2D eigenvalue weighted by atomic mass is 16.5. The highest BCUT2D eigenvalue weighted by molar-refractivity contribution is 5.95. The monoisotopic (exact) mass is 326 g/mol. The van der Waals surface area contributed by atoms with Gasteiger partial charge in [-0.25, -0.2) is 0 Å². The zero-order valence-corrected chi connectivity index (χ0v) is 14.3. The van der Waals surface area contributed by atoms with Crippen LogP contribution in [0.1, 0.15) is 25.0 Å². The molecular formula is C19H22N2O3. The maximum absolute atomic E-state index is 12.3. The highest BCUT2D eigenvalue weighted by Gasteiger charge is 2.16. The molecule has 0 spiro atoms. The Morgan fingerprint density at radius 1 is 1.00 bits per heavy atom. The molecule has 2 amide bonds. The van der Waals surface area contributed by atoms with Gasteiger partial charge in [-0.15, -0.1) is 0 Å². The van der Waals surface area contributed by atoms with Gasteiger partial charge in [0.2, 0.25) is 5.91 Å². The summed E-state index contributed by atoms with van der Waals surface area (Å²) in [5, 5.41) is 5.47. The van der Waals surface area contributed by atoms with E-state index in [4.69, 9.17) is 4.74 Å². The average Bonchev–Trinajstić information content (AvgIpc) is 2.49. The van der Waals surface area contributed by atoms with E-state index in [9.17, 15) is 9.59 Å². The molecule has 0 saturated carbocycles. The molecule has 5 nitrogen and oxygen atoms in total. The molecule has 0 fully saturated rings. The molecule has 2 rings (SSSR count). The maximum atomic E-state index is 12.3. The summed E-state index contributed by atoms with van der Waals surface area (Å²) >= 11 is 0. The number of hydrogen-bond acceptors (Lipinski definition) is 3. The minimum atomic E-state index is -0.643. The molecule has 0 aromatic heterocycles. The summed E-state index contributed by atoms with van der Waals surface area (Å²) in [7, 11) is 0. The number of hydrogen-bond donors (Lipinski definition) is 2. The highest BCUT2D eigenvalue weighted by Crippen LogP contribution is 2.21. The van der Waals surface area contributed by atoms with Crippen molar-refractivity contribution in [2.24, 2.45) is 0 Å². The van der Waals surface area contributed by atoms with Gasteiger partial charge >= 0.3 is 0 Å². The van der Waals surface area contributed by atoms with Gasteiger partial charge in [0.05, 0.1) is 0 Å². The molecule has 0 bridgehead atoms. The number of amides is 2. The van der Waals surface area contributed by atoms with Crippen molar-refractivity contribution in [1.82, 2.24) is 0 Å². The van der Waals surface area contributed by atoms with E-state index in [1.165, 1.54) is 6.92 Å². The Balaban J connectivity index is 2.02. The lowest BCUT2D eigenvalue weighted by Gasteiger charge is -2.17. The van der Waals surface area contributed by atoms with Crippen LogP contribution in [0.2, 0.25) is 0 Å². The molecule has 2 aromatic carbocycles. The van der Waals surface area contributed by atoms with Crippen molar-refractivity contribution in [2.45, 2.75) is 33.8 Å². The Hall–Kier alpha value is -2.82. The fourth-order valence-electron chi connectivity index (χ4n) is 2.30. The second-order valence-electron chi connectivity index (χ2n) is 5.78. The number of carbonyl (C=O) groups excluding carboxylic acids is 2. The van der Waals surface area contributed by atoms with E-state index in [1.807, 2.05) is 32.0 Å². The van der Waals surface area contributed by atoms with Crippen LogP contribution in [0.5, 0.6) is 5.75 Å². The molecule has 0 aliphatic carbocycles. The zero-order valence-electron chi connectivity index (χ0n) is 14.3. The zero-order chi connectivity index (χ0) is 17.7. The van der Waals surface area contributed by atoms with E-state index in [0.717, 1.165) is 11.1 Å². The first-order valence-corrected chi connectivity index (χ1v) is 7.77. The molecule has 1 atom stereocenters. The Labute approximate surface area is 142 Å². The number of aryl methyl sites for hydroxylation is 2. The van der Waals surface area contributed by atoms with Crippen LogP contribution in [-0.2, 0) is 9.59 Å². The SMILES string of the molecule is CC(=O)Nc1cccc(NC(=O)[C@@H](C)Oc2ccc(C)cc2C)c1. The molecule has 0 saturated heterocycles. The molecule has 0 aliphatic rings. The van der Waals surface area contributed by atoms with E-state index in [0.29, 0.717) is 17.1 Å². The van der Waals surface area contributed by atoms with E-state index >= 15 is 0 Å². The van der Waals surface area contributed by atoms with Gasteiger partial charge in [-0.1, -0.05) is 23.8 Å². The first-order valence-electron chi connectivity index (χ1n) is 7.77. The summed E-state index contributed by atoms with van der Waals surface area (Å²) in [6.07, 6.45) is -0.643. The molecule has 2 N–H and O–H groups in total. The molecule has 126 valence electrons. The predicted octanol–water partition coefficient (Wildman–Crippen LogP) is 3.67. The number of carbonyl (C=O) groups is 2. The summed E-state index contributed by atoms with van der Waals surface area (Å²) in [5.41, 5.74) is 3.36. The summed E-state index contributed by atoms with van der Waals surface area (Å²) in [6.45, 7) is 7.09. The molecule has 0 aliphatic heterocycles. The van der Waals surface area contributed by atoms with E-state index in [2.05, 4.69) is 10.6 Å². The normalized spacial score (nSPS) is 11.5. The van der Waals surface area contributed by atoms with Gasteiger partial charge in [0.1, 0.15) is 5.75 Å². The van der Waals surface area contributed by atoms with Gasteiger partial charge in [-0.3, -0.25) is 9.59 Å². The van der Waals surface area contributed by atoms with Gasteiger partial charge in [0, 0.05) is 18.3 Å². The van der Waals surface area contributed by atoms with Crippen molar-refractivity contribution in [3.8, 4) is 5.75 Å². The topological polar surface area (TPSA) is 67.4 Å². The summed E-state index contributed by atoms with van der Waals surface area (Å²) in [6, 6.07) is 12.8. The van der Waals surface area contributed by atoms with Crippen LogP contribution in [-0.4, -0.2) is 17.9 Å². The van der Waals surface area contributed by atoms with Gasteiger partial charge < -0.3 is 15.4 Å². The van der Waals surface area contributed by atoms with Crippen molar-refractivity contribution in [2.75, 3.05) is 10.6 Å². The van der Waals surface area contributed by atoms with Crippen LogP contribution >= 0.6 is 0 Å². The Bertz CT molecular complexity index is 756. The molecule has 0 unspecified atom stereocenters. The molecule has 5 heteroatoms. The number of nitrogens with one attached hydrogen (secondary N) is 2. The van der Waals surface area contributed by atoms with Crippen LogP contribution in [0.4, 0.5) is 11.4 Å². The quantitative estimate of drug-likeness (QED) is 0.881. The average molecular weight is 326 g/mol. The lowest BCUT2D eigenvalue weighted by Crippen LogP contribution is -2.30. The molecule has 0 heterocycles. The Morgan fingerprint density at radius 3 is 2.29 bits per heavy atom. The van der Waals surface area contributed by atoms with Crippen molar-refractivity contribution < 1.29 is 14.3 Å². The number of rotatable bonds is 5. The third kappa shape index (κ3) is 4.84. The second-order valence-corrected chi connectivity index (χ2v) is 5.78.